The summed E-state index contributed by atoms with van der Waals surface area (Å²) in [5, 5.41) is 2.76. The predicted molar refractivity (Wildman–Crippen MR) is 98.3 cm³/mol. The second kappa shape index (κ2) is 7.93. The number of nitrogens with zero attached hydrogens (tertiary/aromatic N) is 1. The molecular formula is C18H21N3O5S. The zero-order valence-corrected chi connectivity index (χ0v) is 15.9. The Labute approximate surface area is 158 Å². The molecule has 1 heterocycles. The van der Waals surface area contributed by atoms with E-state index in [9.17, 15) is 13.2 Å². The molecule has 1 aliphatic rings. The molecule has 2 aromatic rings. The summed E-state index contributed by atoms with van der Waals surface area (Å²) in [6, 6.07) is 7.75. The van der Waals surface area contributed by atoms with Crippen LogP contribution in [0.1, 0.15) is 28.8 Å². The van der Waals surface area contributed by atoms with Crippen molar-refractivity contribution in [3.63, 3.8) is 0 Å². The molecule has 1 amide bonds. The Morgan fingerprint density at radius 2 is 1.96 bits per heavy atom. The number of rotatable bonds is 8. The molecule has 2 N–H and O–H groups in total. The zero-order valence-electron chi connectivity index (χ0n) is 15.1. The minimum Gasteiger partial charge on any atom is -0.495 e. The van der Waals surface area contributed by atoms with Crippen molar-refractivity contribution in [3.05, 3.63) is 47.7 Å². The van der Waals surface area contributed by atoms with E-state index in [1.807, 2.05) is 0 Å². The molecule has 1 saturated carbocycles. The van der Waals surface area contributed by atoms with Crippen molar-refractivity contribution < 1.29 is 22.7 Å². The molecule has 9 heteroatoms. The summed E-state index contributed by atoms with van der Waals surface area (Å²) < 4.78 is 37.9. The Morgan fingerprint density at radius 3 is 2.63 bits per heavy atom. The second-order valence-electron chi connectivity index (χ2n) is 6.15. The van der Waals surface area contributed by atoms with E-state index in [0.29, 0.717) is 5.88 Å². The average Bonchev–Trinajstić information content (AvgIpc) is 3.49. The maximum Gasteiger partial charge on any atom is 0.251 e. The Kier molecular flexibility index (Phi) is 5.62. The van der Waals surface area contributed by atoms with E-state index in [0.717, 1.165) is 18.4 Å². The number of ether oxygens (including phenoxy) is 2. The van der Waals surface area contributed by atoms with Gasteiger partial charge in [-0.25, -0.2) is 18.1 Å². The first-order chi connectivity index (χ1) is 12.9. The quantitative estimate of drug-likeness (QED) is 0.706. The first-order valence-electron chi connectivity index (χ1n) is 8.40. The number of methoxy groups -OCH3 is 2. The molecule has 0 saturated heterocycles. The van der Waals surface area contributed by atoms with Crippen LogP contribution in [0.3, 0.4) is 0 Å². The van der Waals surface area contributed by atoms with E-state index in [1.165, 1.54) is 32.4 Å². The smallest absolute Gasteiger partial charge is 0.251 e. The standard InChI is InChI=1S/C18H21N3O5S/c1-25-15-6-3-13(10-16(15)27(23,24)21-14-4-5-14)18(22)20-11-12-7-8-19-17(9-12)26-2/h3,6-10,14,21H,4-5,11H2,1-2H3,(H,20,22). The molecule has 0 radical (unpaired) electrons. The summed E-state index contributed by atoms with van der Waals surface area (Å²) in [7, 11) is -0.847. The summed E-state index contributed by atoms with van der Waals surface area (Å²) in [5.41, 5.74) is 1.04. The van der Waals surface area contributed by atoms with Gasteiger partial charge < -0.3 is 14.8 Å². The molecule has 0 unspecified atom stereocenters. The number of hydrogen-bond donors (Lipinski definition) is 2. The number of carbonyl (C=O) groups excluding carboxylic acids is 1. The monoisotopic (exact) mass is 391 g/mol. The van der Waals surface area contributed by atoms with Crippen LogP contribution in [0.4, 0.5) is 0 Å². The minimum atomic E-state index is -3.75. The summed E-state index contributed by atoms with van der Waals surface area (Å²) >= 11 is 0. The molecule has 1 aromatic heterocycles. The first-order valence-corrected chi connectivity index (χ1v) is 9.89. The molecule has 0 bridgehead atoms. The van der Waals surface area contributed by atoms with Gasteiger partial charge in [0.25, 0.3) is 5.91 Å². The highest BCUT2D eigenvalue weighted by Crippen LogP contribution is 2.28. The number of sulfonamides is 1. The van der Waals surface area contributed by atoms with Gasteiger partial charge in [0, 0.05) is 30.4 Å². The van der Waals surface area contributed by atoms with Gasteiger partial charge in [0.1, 0.15) is 10.6 Å². The number of benzene rings is 1. The van der Waals surface area contributed by atoms with E-state index < -0.39 is 15.9 Å². The van der Waals surface area contributed by atoms with Crippen LogP contribution in [0.5, 0.6) is 11.6 Å². The predicted octanol–water partition coefficient (Wildman–Crippen LogP) is 1.47. The number of hydrogen-bond acceptors (Lipinski definition) is 6. The van der Waals surface area contributed by atoms with Gasteiger partial charge in [-0.15, -0.1) is 0 Å². The van der Waals surface area contributed by atoms with Crippen molar-refractivity contribution in [1.29, 1.82) is 0 Å². The SMILES string of the molecule is COc1cc(CNC(=O)c2ccc(OC)c(S(=O)(=O)NC3CC3)c2)ccn1. The number of carbonyl (C=O) groups is 1. The van der Waals surface area contributed by atoms with Crippen molar-refractivity contribution in [3.8, 4) is 11.6 Å². The Hall–Kier alpha value is -2.65. The minimum absolute atomic E-state index is 0.0427. The van der Waals surface area contributed by atoms with Crippen LogP contribution < -0.4 is 19.5 Å². The average molecular weight is 391 g/mol. The zero-order chi connectivity index (χ0) is 19.4. The fourth-order valence-electron chi connectivity index (χ4n) is 2.47. The lowest BCUT2D eigenvalue weighted by molar-refractivity contribution is 0.0950. The fraction of sp³-hybridized carbons (Fsp3) is 0.333. The van der Waals surface area contributed by atoms with E-state index in [2.05, 4.69) is 15.0 Å². The van der Waals surface area contributed by atoms with Gasteiger partial charge in [-0.2, -0.15) is 0 Å². The summed E-state index contributed by atoms with van der Waals surface area (Å²) in [6.07, 6.45) is 3.22. The highest BCUT2D eigenvalue weighted by Gasteiger charge is 2.30. The lowest BCUT2D eigenvalue weighted by atomic mass is 10.2. The molecule has 0 spiro atoms. The van der Waals surface area contributed by atoms with Crippen molar-refractivity contribution in [2.24, 2.45) is 0 Å². The molecule has 8 nitrogen and oxygen atoms in total. The van der Waals surface area contributed by atoms with Crippen molar-refractivity contribution in [2.45, 2.75) is 30.3 Å². The van der Waals surface area contributed by atoms with Gasteiger partial charge in [-0.05, 0) is 42.7 Å². The van der Waals surface area contributed by atoms with Gasteiger partial charge in [0.15, 0.2) is 0 Å². The van der Waals surface area contributed by atoms with Crippen LogP contribution in [0.2, 0.25) is 0 Å². The van der Waals surface area contributed by atoms with Gasteiger partial charge in [-0.1, -0.05) is 0 Å². The molecule has 144 valence electrons. The third kappa shape index (κ3) is 4.75. The van der Waals surface area contributed by atoms with Crippen LogP contribution >= 0.6 is 0 Å². The van der Waals surface area contributed by atoms with E-state index in [4.69, 9.17) is 9.47 Å². The van der Waals surface area contributed by atoms with Crippen LogP contribution in [0.25, 0.3) is 0 Å². The maximum absolute atomic E-state index is 12.5. The summed E-state index contributed by atoms with van der Waals surface area (Å²) in [5.74, 6) is 0.251. The van der Waals surface area contributed by atoms with E-state index in [-0.39, 0.29) is 28.8 Å². The van der Waals surface area contributed by atoms with Crippen LogP contribution in [-0.2, 0) is 16.6 Å². The molecule has 0 atom stereocenters. The van der Waals surface area contributed by atoms with Gasteiger partial charge in [-0.3, -0.25) is 4.79 Å². The summed E-state index contributed by atoms with van der Waals surface area (Å²) in [4.78, 5) is 16.4. The first kappa shape index (κ1) is 19.1. The van der Waals surface area contributed by atoms with Crippen LogP contribution in [-0.4, -0.2) is 39.6 Å². The highest BCUT2D eigenvalue weighted by molar-refractivity contribution is 7.89. The van der Waals surface area contributed by atoms with Crippen molar-refractivity contribution in [1.82, 2.24) is 15.0 Å². The maximum atomic E-state index is 12.5. The van der Waals surface area contributed by atoms with Gasteiger partial charge in [0.05, 0.1) is 14.2 Å². The fourth-order valence-corrected chi connectivity index (χ4v) is 3.97. The lowest BCUT2D eigenvalue weighted by Crippen LogP contribution is -2.27. The van der Waals surface area contributed by atoms with Crippen LogP contribution in [0.15, 0.2) is 41.4 Å². The van der Waals surface area contributed by atoms with Gasteiger partial charge >= 0.3 is 0 Å². The second-order valence-corrected chi connectivity index (χ2v) is 7.83. The van der Waals surface area contributed by atoms with E-state index in [1.54, 1.807) is 18.3 Å². The Bertz CT molecular complexity index is 942. The van der Waals surface area contributed by atoms with E-state index >= 15 is 0 Å². The Balaban J connectivity index is 1.77. The number of nitrogens with one attached hydrogen (secondary N) is 2. The lowest BCUT2D eigenvalue weighted by Gasteiger charge is -2.12. The Morgan fingerprint density at radius 1 is 1.19 bits per heavy atom. The third-order valence-electron chi connectivity index (χ3n) is 4.08. The number of aromatic nitrogens is 1. The molecule has 1 aromatic carbocycles. The highest BCUT2D eigenvalue weighted by atomic mass is 32.2. The van der Waals surface area contributed by atoms with Crippen LogP contribution in [0, 0.1) is 0 Å². The van der Waals surface area contributed by atoms with Crippen molar-refractivity contribution in [2.75, 3.05) is 14.2 Å². The number of amides is 1. The number of pyridine rings is 1. The molecular weight excluding hydrogens is 370 g/mol. The van der Waals surface area contributed by atoms with Crippen molar-refractivity contribution >= 4 is 15.9 Å². The van der Waals surface area contributed by atoms with Gasteiger partial charge in [0.2, 0.25) is 15.9 Å². The molecule has 1 fully saturated rings. The largest absolute Gasteiger partial charge is 0.495 e. The molecule has 3 rings (SSSR count). The summed E-state index contributed by atoms with van der Waals surface area (Å²) in [6.45, 7) is 0.256. The third-order valence-corrected chi connectivity index (χ3v) is 5.62. The molecule has 27 heavy (non-hydrogen) atoms. The molecule has 0 aliphatic heterocycles. The topological polar surface area (TPSA) is 107 Å². The molecule has 1 aliphatic carbocycles. The normalized spacial score (nSPS) is 13.9.